The maximum atomic E-state index is 11.7. The van der Waals surface area contributed by atoms with E-state index in [2.05, 4.69) is 0 Å². The van der Waals surface area contributed by atoms with E-state index in [1.165, 1.54) is 0 Å². The van der Waals surface area contributed by atoms with Gasteiger partial charge in [0.25, 0.3) is 0 Å². The quantitative estimate of drug-likeness (QED) is 0.739. The van der Waals surface area contributed by atoms with Crippen molar-refractivity contribution in [1.29, 1.82) is 0 Å². The zero-order valence-corrected chi connectivity index (χ0v) is 9.04. The van der Waals surface area contributed by atoms with Gasteiger partial charge in [-0.1, -0.05) is 6.92 Å². The lowest BCUT2D eigenvalue weighted by atomic mass is 9.68. The Morgan fingerprint density at radius 1 is 1.43 bits per heavy atom. The second kappa shape index (κ2) is 3.71. The molecule has 0 aromatic heterocycles. The van der Waals surface area contributed by atoms with Gasteiger partial charge in [0, 0.05) is 12.3 Å². The van der Waals surface area contributed by atoms with Crippen LogP contribution in [-0.2, 0) is 9.59 Å². The van der Waals surface area contributed by atoms with Gasteiger partial charge in [-0.15, -0.1) is 0 Å². The standard InChI is InChI=1S/C11H18O3/c1-7-4-5-8(9(12)6-7)11(2,3)10(13)14/h7-8H,4-6H2,1-3H3,(H,13,14)/t7-,8+/m1/s1. The highest BCUT2D eigenvalue weighted by molar-refractivity contribution is 5.88. The Bertz CT molecular complexity index is 255. The van der Waals surface area contributed by atoms with Crippen LogP contribution in [0.4, 0.5) is 0 Å². The molecule has 0 aromatic rings. The summed E-state index contributed by atoms with van der Waals surface area (Å²) in [4.78, 5) is 22.7. The van der Waals surface area contributed by atoms with Crippen molar-refractivity contribution in [3.05, 3.63) is 0 Å². The molecule has 3 heteroatoms. The van der Waals surface area contributed by atoms with E-state index in [0.717, 1.165) is 12.8 Å². The van der Waals surface area contributed by atoms with E-state index in [1.54, 1.807) is 13.8 Å². The van der Waals surface area contributed by atoms with E-state index in [4.69, 9.17) is 5.11 Å². The Balaban J connectivity index is 2.79. The normalized spacial score (nSPS) is 28.9. The SMILES string of the molecule is C[C@@H]1CC[C@H](C(C)(C)C(=O)O)C(=O)C1. The number of carboxylic acids is 1. The largest absolute Gasteiger partial charge is 0.481 e. The minimum atomic E-state index is -0.906. The van der Waals surface area contributed by atoms with Crippen LogP contribution >= 0.6 is 0 Å². The summed E-state index contributed by atoms with van der Waals surface area (Å²) in [6, 6.07) is 0. The predicted octanol–water partition coefficient (Wildman–Crippen LogP) is 2.10. The van der Waals surface area contributed by atoms with Crippen molar-refractivity contribution in [1.82, 2.24) is 0 Å². The second-order valence-electron chi connectivity index (χ2n) is 4.93. The Morgan fingerprint density at radius 3 is 2.43 bits per heavy atom. The number of Topliss-reactive ketones (excluding diaryl/α,β-unsaturated/α-hetero) is 1. The molecule has 1 N–H and O–H groups in total. The average molecular weight is 198 g/mol. The minimum absolute atomic E-state index is 0.121. The number of carbonyl (C=O) groups excluding carboxylic acids is 1. The summed E-state index contributed by atoms with van der Waals surface area (Å²) in [5, 5.41) is 9.02. The smallest absolute Gasteiger partial charge is 0.309 e. The molecule has 2 atom stereocenters. The van der Waals surface area contributed by atoms with Crippen LogP contribution in [0.25, 0.3) is 0 Å². The Labute approximate surface area is 84.5 Å². The zero-order valence-electron chi connectivity index (χ0n) is 9.04. The van der Waals surface area contributed by atoms with Gasteiger partial charge in [-0.2, -0.15) is 0 Å². The molecule has 0 bridgehead atoms. The first-order chi connectivity index (χ1) is 6.35. The van der Waals surface area contributed by atoms with Crippen molar-refractivity contribution in [2.24, 2.45) is 17.3 Å². The number of aliphatic carboxylic acids is 1. The van der Waals surface area contributed by atoms with Crippen LogP contribution in [0, 0.1) is 17.3 Å². The molecule has 1 aliphatic rings. The molecule has 0 saturated heterocycles. The minimum Gasteiger partial charge on any atom is -0.481 e. The van der Waals surface area contributed by atoms with E-state index in [0.29, 0.717) is 12.3 Å². The summed E-state index contributed by atoms with van der Waals surface area (Å²) in [7, 11) is 0. The molecule has 0 amide bonds. The molecular formula is C11H18O3. The summed E-state index contributed by atoms with van der Waals surface area (Å²) < 4.78 is 0. The van der Waals surface area contributed by atoms with Crippen molar-refractivity contribution < 1.29 is 14.7 Å². The third-order valence-corrected chi connectivity index (χ3v) is 3.31. The molecular weight excluding hydrogens is 180 g/mol. The summed E-state index contributed by atoms with van der Waals surface area (Å²) in [5.74, 6) is -0.624. The van der Waals surface area contributed by atoms with Gasteiger partial charge in [0.2, 0.25) is 0 Å². The second-order valence-corrected chi connectivity index (χ2v) is 4.93. The molecule has 3 nitrogen and oxygen atoms in total. The third-order valence-electron chi connectivity index (χ3n) is 3.31. The summed E-state index contributed by atoms with van der Waals surface area (Å²) in [6.45, 7) is 5.34. The highest BCUT2D eigenvalue weighted by atomic mass is 16.4. The number of carbonyl (C=O) groups is 2. The van der Waals surface area contributed by atoms with E-state index in [-0.39, 0.29) is 11.7 Å². The first-order valence-electron chi connectivity index (χ1n) is 5.11. The van der Waals surface area contributed by atoms with Crippen molar-refractivity contribution in [3.8, 4) is 0 Å². The van der Waals surface area contributed by atoms with Crippen LogP contribution in [0.1, 0.15) is 40.0 Å². The lowest BCUT2D eigenvalue weighted by molar-refractivity contribution is -0.155. The Morgan fingerprint density at radius 2 is 2.00 bits per heavy atom. The van der Waals surface area contributed by atoms with Crippen LogP contribution < -0.4 is 0 Å². The van der Waals surface area contributed by atoms with Crippen LogP contribution in [0.5, 0.6) is 0 Å². The fraction of sp³-hybridized carbons (Fsp3) is 0.818. The number of carboxylic acid groups (broad SMARTS) is 1. The van der Waals surface area contributed by atoms with E-state index in [9.17, 15) is 9.59 Å². The first kappa shape index (κ1) is 11.2. The van der Waals surface area contributed by atoms with Gasteiger partial charge in [0.05, 0.1) is 5.41 Å². The molecule has 1 fully saturated rings. The maximum absolute atomic E-state index is 11.7. The topological polar surface area (TPSA) is 54.4 Å². The summed E-state index contributed by atoms with van der Waals surface area (Å²) in [5.41, 5.74) is -0.906. The fourth-order valence-corrected chi connectivity index (χ4v) is 2.11. The third kappa shape index (κ3) is 1.97. The summed E-state index contributed by atoms with van der Waals surface area (Å²) >= 11 is 0. The van der Waals surface area contributed by atoms with Gasteiger partial charge in [-0.05, 0) is 32.6 Å². The molecule has 0 heterocycles. The van der Waals surface area contributed by atoms with Crippen molar-refractivity contribution in [3.63, 3.8) is 0 Å². The van der Waals surface area contributed by atoms with Crippen LogP contribution in [0.2, 0.25) is 0 Å². The van der Waals surface area contributed by atoms with Gasteiger partial charge >= 0.3 is 5.97 Å². The lowest BCUT2D eigenvalue weighted by Crippen LogP contribution is -2.40. The van der Waals surface area contributed by atoms with Crippen LogP contribution in [0.15, 0.2) is 0 Å². The number of hydrogen-bond acceptors (Lipinski definition) is 2. The average Bonchev–Trinajstić information content (AvgIpc) is 2.02. The molecule has 1 aliphatic carbocycles. The van der Waals surface area contributed by atoms with Crippen molar-refractivity contribution in [2.45, 2.75) is 40.0 Å². The Kier molecular flexibility index (Phi) is 2.98. The highest BCUT2D eigenvalue weighted by Gasteiger charge is 2.42. The highest BCUT2D eigenvalue weighted by Crippen LogP contribution is 2.37. The van der Waals surface area contributed by atoms with Crippen molar-refractivity contribution in [2.75, 3.05) is 0 Å². The molecule has 14 heavy (non-hydrogen) atoms. The lowest BCUT2D eigenvalue weighted by Gasteiger charge is -2.34. The van der Waals surface area contributed by atoms with Crippen LogP contribution in [-0.4, -0.2) is 16.9 Å². The first-order valence-corrected chi connectivity index (χ1v) is 5.11. The van der Waals surface area contributed by atoms with Crippen LogP contribution in [0.3, 0.4) is 0 Å². The molecule has 1 rings (SSSR count). The van der Waals surface area contributed by atoms with E-state index in [1.807, 2.05) is 6.92 Å². The van der Waals surface area contributed by atoms with E-state index < -0.39 is 11.4 Å². The predicted molar refractivity (Wildman–Crippen MR) is 52.9 cm³/mol. The van der Waals surface area contributed by atoms with Gasteiger partial charge < -0.3 is 5.11 Å². The number of hydrogen-bond donors (Lipinski definition) is 1. The molecule has 0 spiro atoms. The maximum Gasteiger partial charge on any atom is 0.309 e. The zero-order chi connectivity index (χ0) is 10.9. The van der Waals surface area contributed by atoms with Gasteiger partial charge in [-0.3, -0.25) is 9.59 Å². The van der Waals surface area contributed by atoms with Gasteiger partial charge in [0.15, 0.2) is 0 Å². The van der Waals surface area contributed by atoms with Crippen molar-refractivity contribution >= 4 is 11.8 Å². The monoisotopic (exact) mass is 198 g/mol. The molecule has 80 valence electrons. The summed E-state index contributed by atoms with van der Waals surface area (Å²) in [6.07, 6.45) is 2.23. The molecule has 0 unspecified atom stereocenters. The fourth-order valence-electron chi connectivity index (χ4n) is 2.11. The number of rotatable bonds is 2. The van der Waals surface area contributed by atoms with Gasteiger partial charge in [-0.25, -0.2) is 0 Å². The molecule has 0 aliphatic heterocycles. The molecule has 1 saturated carbocycles. The van der Waals surface area contributed by atoms with Gasteiger partial charge in [0.1, 0.15) is 5.78 Å². The molecule has 0 radical (unpaired) electrons. The number of ketones is 1. The van der Waals surface area contributed by atoms with E-state index >= 15 is 0 Å². The molecule has 0 aromatic carbocycles. The Hall–Kier alpha value is -0.860.